The number of halogens is 3. The van der Waals surface area contributed by atoms with E-state index >= 15 is 0 Å². The SMILES string of the molecule is CC(Sc1ccc2c(c1)OCCCO2)C(=O)Nc1ccc(F)c(F)c1F. The molecule has 0 spiro atoms. The highest BCUT2D eigenvalue weighted by Crippen LogP contribution is 2.35. The van der Waals surface area contributed by atoms with Gasteiger partial charge in [0, 0.05) is 11.3 Å². The average Bonchev–Trinajstić information content (AvgIpc) is 2.87. The predicted octanol–water partition coefficient (Wildman–Crippen LogP) is 4.38. The van der Waals surface area contributed by atoms with Gasteiger partial charge in [0.25, 0.3) is 0 Å². The van der Waals surface area contributed by atoms with Crippen LogP contribution < -0.4 is 14.8 Å². The Bertz CT molecular complexity index is 832. The Labute approximate surface area is 152 Å². The smallest absolute Gasteiger partial charge is 0.237 e. The molecule has 0 saturated heterocycles. The first kappa shape index (κ1) is 18.4. The van der Waals surface area contributed by atoms with Gasteiger partial charge in [-0.25, -0.2) is 13.2 Å². The van der Waals surface area contributed by atoms with Crippen LogP contribution in [0.5, 0.6) is 11.5 Å². The summed E-state index contributed by atoms with van der Waals surface area (Å²) in [4.78, 5) is 13.0. The van der Waals surface area contributed by atoms with Crippen molar-refractivity contribution in [2.45, 2.75) is 23.5 Å². The van der Waals surface area contributed by atoms with Gasteiger partial charge >= 0.3 is 0 Å². The lowest BCUT2D eigenvalue weighted by atomic mass is 10.2. The van der Waals surface area contributed by atoms with E-state index in [0.717, 1.165) is 23.4 Å². The van der Waals surface area contributed by atoms with E-state index < -0.39 is 34.3 Å². The van der Waals surface area contributed by atoms with Crippen LogP contribution in [0.2, 0.25) is 0 Å². The molecule has 1 heterocycles. The maximum atomic E-state index is 13.7. The molecule has 1 aliphatic rings. The number of carbonyl (C=O) groups is 1. The van der Waals surface area contributed by atoms with E-state index in [1.165, 1.54) is 11.8 Å². The van der Waals surface area contributed by atoms with Crippen LogP contribution in [0.15, 0.2) is 35.2 Å². The van der Waals surface area contributed by atoms with Crippen LogP contribution in [0, 0.1) is 17.5 Å². The number of hydrogen-bond acceptors (Lipinski definition) is 4. The summed E-state index contributed by atoms with van der Waals surface area (Å²) < 4.78 is 51.0. The molecule has 2 aromatic rings. The fourth-order valence-corrected chi connectivity index (χ4v) is 3.23. The Morgan fingerprint density at radius 3 is 2.58 bits per heavy atom. The highest BCUT2D eigenvalue weighted by Gasteiger charge is 2.20. The number of fused-ring (bicyclic) bond motifs is 1. The molecule has 2 aromatic carbocycles. The minimum Gasteiger partial charge on any atom is -0.490 e. The maximum absolute atomic E-state index is 13.7. The molecule has 0 aromatic heterocycles. The zero-order valence-electron chi connectivity index (χ0n) is 13.9. The number of ether oxygens (including phenoxy) is 2. The zero-order chi connectivity index (χ0) is 18.7. The van der Waals surface area contributed by atoms with Crippen molar-refractivity contribution >= 4 is 23.4 Å². The second-order valence-electron chi connectivity index (χ2n) is 5.63. The summed E-state index contributed by atoms with van der Waals surface area (Å²) in [7, 11) is 0. The first-order chi connectivity index (χ1) is 12.5. The lowest BCUT2D eigenvalue weighted by Gasteiger charge is -2.14. The van der Waals surface area contributed by atoms with Crippen molar-refractivity contribution in [1.82, 2.24) is 0 Å². The van der Waals surface area contributed by atoms with Crippen LogP contribution in [0.1, 0.15) is 13.3 Å². The summed E-state index contributed by atoms with van der Waals surface area (Å²) in [5.41, 5.74) is -0.403. The lowest BCUT2D eigenvalue weighted by Crippen LogP contribution is -2.23. The third-order valence-corrected chi connectivity index (χ3v) is 4.79. The van der Waals surface area contributed by atoms with Crippen molar-refractivity contribution < 1.29 is 27.4 Å². The summed E-state index contributed by atoms with van der Waals surface area (Å²) in [5, 5.41) is 1.67. The molecule has 0 saturated carbocycles. The molecule has 1 atom stereocenters. The molecule has 3 rings (SSSR count). The van der Waals surface area contributed by atoms with Gasteiger partial charge < -0.3 is 14.8 Å². The van der Waals surface area contributed by atoms with E-state index in [9.17, 15) is 18.0 Å². The van der Waals surface area contributed by atoms with Crippen LogP contribution >= 0.6 is 11.8 Å². The quantitative estimate of drug-likeness (QED) is 0.629. The summed E-state index contributed by atoms with van der Waals surface area (Å²) in [6, 6.07) is 7.07. The molecule has 0 aliphatic carbocycles. The lowest BCUT2D eigenvalue weighted by molar-refractivity contribution is -0.115. The largest absolute Gasteiger partial charge is 0.490 e. The molecule has 8 heteroatoms. The van der Waals surface area contributed by atoms with Gasteiger partial charge in [0.15, 0.2) is 29.0 Å². The van der Waals surface area contributed by atoms with E-state index in [2.05, 4.69) is 5.32 Å². The third-order valence-electron chi connectivity index (χ3n) is 3.69. The highest BCUT2D eigenvalue weighted by atomic mass is 32.2. The number of hydrogen-bond donors (Lipinski definition) is 1. The van der Waals surface area contributed by atoms with Crippen LogP contribution in [0.4, 0.5) is 18.9 Å². The number of thioether (sulfide) groups is 1. The van der Waals surface area contributed by atoms with Gasteiger partial charge in [-0.1, -0.05) is 0 Å². The molecule has 0 radical (unpaired) electrons. The number of amides is 1. The molecule has 26 heavy (non-hydrogen) atoms. The molecular formula is C18H16F3NO3S. The van der Waals surface area contributed by atoms with Crippen molar-refractivity contribution in [1.29, 1.82) is 0 Å². The second-order valence-corrected chi connectivity index (χ2v) is 7.05. The Hall–Kier alpha value is -2.35. The van der Waals surface area contributed by atoms with Gasteiger partial charge in [0.2, 0.25) is 5.91 Å². The van der Waals surface area contributed by atoms with Gasteiger partial charge in [0.05, 0.1) is 24.2 Å². The number of nitrogens with one attached hydrogen (secondary N) is 1. The number of benzene rings is 2. The van der Waals surface area contributed by atoms with Crippen LogP contribution in [-0.4, -0.2) is 24.4 Å². The van der Waals surface area contributed by atoms with E-state index in [0.29, 0.717) is 24.7 Å². The third kappa shape index (κ3) is 4.07. The van der Waals surface area contributed by atoms with Crippen molar-refractivity contribution in [2.24, 2.45) is 0 Å². The Balaban J connectivity index is 1.68. The zero-order valence-corrected chi connectivity index (χ0v) is 14.7. The first-order valence-electron chi connectivity index (χ1n) is 7.96. The van der Waals surface area contributed by atoms with Crippen molar-refractivity contribution in [2.75, 3.05) is 18.5 Å². The summed E-state index contributed by atoms with van der Waals surface area (Å²) in [5.74, 6) is -3.64. The molecule has 1 aliphatic heterocycles. The fraction of sp³-hybridized carbons (Fsp3) is 0.278. The molecule has 0 fully saturated rings. The van der Waals surface area contributed by atoms with E-state index in [-0.39, 0.29) is 0 Å². The van der Waals surface area contributed by atoms with Gasteiger partial charge in [-0.15, -0.1) is 11.8 Å². The molecule has 1 amide bonds. The van der Waals surface area contributed by atoms with E-state index in [1.54, 1.807) is 25.1 Å². The topological polar surface area (TPSA) is 47.6 Å². The normalized spacial score (nSPS) is 14.5. The van der Waals surface area contributed by atoms with Crippen LogP contribution in [0.25, 0.3) is 0 Å². The molecule has 1 N–H and O–H groups in total. The predicted molar refractivity (Wildman–Crippen MR) is 92.3 cm³/mol. The highest BCUT2D eigenvalue weighted by molar-refractivity contribution is 8.00. The maximum Gasteiger partial charge on any atom is 0.237 e. The Morgan fingerprint density at radius 1 is 1.08 bits per heavy atom. The fourth-order valence-electron chi connectivity index (χ4n) is 2.33. The number of rotatable bonds is 4. The molecule has 138 valence electrons. The number of anilines is 1. The standard InChI is InChI=1S/C18H16F3NO3S/c1-10(18(23)22-13-5-4-12(19)16(20)17(13)21)26-11-3-6-14-15(9-11)25-8-2-7-24-14/h3-6,9-10H,2,7-8H2,1H3,(H,22,23). The monoisotopic (exact) mass is 383 g/mol. The number of carbonyl (C=O) groups excluding carboxylic acids is 1. The van der Waals surface area contributed by atoms with Crippen molar-refractivity contribution in [3.8, 4) is 11.5 Å². The average molecular weight is 383 g/mol. The first-order valence-corrected chi connectivity index (χ1v) is 8.84. The molecule has 1 unspecified atom stereocenters. The van der Waals surface area contributed by atoms with Gasteiger partial charge in [0.1, 0.15) is 0 Å². The van der Waals surface area contributed by atoms with Crippen LogP contribution in [-0.2, 0) is 4.79 Å². The minimum absolute atomic E-state index is 0.403. The van der Waals surface area contributed by atoms with Crippen LogP contribution in [0.3, 0.4) is 0 Å². The summed E-state index contributed by atoms with van der Waals surface area (Å²) in [6.07, 6.45) is 0.787. The van der Waals surface area contributed by atoms with Gasteiger partial charge in [-0.3, -0.25) is 4.79 Å². The van der Waals surface area contributed by atoms with Gasteiger partial charge in [-0.05, 0) is 37.3 Å². The Morgan fingerprint density at radius 2 is 1.81 bits per heavy atom. The molecule has 4 nitrogen and oxygen atoms in total. The summed E-state index contributed by atoms with van der Waals surface area (Å²) >= 11 is 1.23. The van der Waals surface area contributed by atoms with Gasteiger partial charge in [-0.2, -0.15) is 0 Å². The minimum atomic E-state index is -1.62. The second kappa shape index (κ2) is 7.90. The molecule has 0 bridgehead atoms. The van der Waals surface area contributed by atoms with E-state index in [1.807, 2.05) is 0 Å². The van der Waals surface area contributed by atoms with Crippen molar-refractivity contribution in [3.05, 3.63) is 47.8 Å². The molecular weight excluding hydrogens is 367 g/mol. The van der Waals surface area contributed by atoms with Crippen molar-refractivity contribution in [3.63, 3.8) is 0 Å². The van der Waals surface area contributed by atoms with E-state index in [4.69, 9.17) is 9.47 Å². The summed E-state index contributed by atoms with van der Waals surface area (Å²) in [6.45, 7) is 2.76. The Kier molecular flexibility index (Phi) is 5.61.